The summed E-state index contributed by atoms with van der Waals surface area (Å²) in [5.41, 5.74) is 3.73. The molecule has 0 saturated carbocycles. The topological polar surface area (TPSA) is 72.8 Å². The van der Waals surface area contributed by atoms with Crippen LogP contribution in [-0.4, -0.2) is 19.6 Å². The molecule has 2 aromatic rings. The molecule has 1 unspecified atom stereocenters. The van der Waals surface area contributed by atoms with Gasteiger partial charge in [-0.3, -0.25) is 4.55 Å². The summed E-state index contributed by atoms with van der Waals surface area (Å²) < 4.78 is 40.8. The zero-order chi connectivity index (χ0) is 22.0. The molecule has 0 radical (unpaired) electrons. The van der Waals surface area contributed by atoms with Crippen LogP contribution in [0.25, 0.3) is 0 Å². The summed E-state index contributed by atoms with van der Waals surface area (Å²) in [5, 5.41) is 0. The van der Waals surface area contributed by atoms with Crippen LogP contribution in [0.3, 0.4) is 0 Å². The highest BCUT2D eigenvalue weighted by atomic mass is 32.3. The molecule has 0 heterocycles. The third-order valence-electron chi connectivity index (χ3n) is 4.00. The molecule has 6 heteroatoms. The molecule has 2 aromatic carbocycles. The molecule has 3 rings (SSSR count). The van der Waals surface area contributed by atoms with Crippen LogP contribution in [-0.2, 0) is 16.8 Å². The number of hydrogen-bond acceptors (Lipinski definition) is 4. The number of hydrogen-bond donors (Lipinski definition) is 1. The van der Waals surface area contributed by atoms with Crippen molar-refractivity contribution in [1.29, 1.82) is 0 Å². The Labute approximate surface area is 175 Å². The summed E-state index contributed by atoms with van der Waals surface area (Å²) in [6.45, 7) is 12.6. The van der Waals surface area contributed by atoms with Gasteiger partial charge in [0.1, 0.15) is 11.5 Å². The molecular weight excluding hydrogens is 388 g/mol. The third-order valence-corrected chi connectivity index (χ3v) is 4.40. The first kappa shape index (κ1) is 24.5. The molecule has 0 saturated heterocycles. The largest absolute Gasteiger partial charge is 0.494 e. The number of benzene rings is 2. The second-order valence-electron chi connectivity index (χ2n) is 5.87. The van der Waals surface area contributed by atoms with E-state index in [4.69, 9.17) is 9.29 Å². The lowest BCUT2D eigenvalue weighted by Crippen LogP contribution is -2.09. The Bertz CT molecular complexity index is 968. The van der Waals surface area contributed by atoms with E-state index in [1.165, 1.54) is 6.07 Å². The third kappa shape index (κ3) is 7.12. The first-order chi connectivity index (χ1) is 13.9. The molecule has 1 aliphatic rings. The summed E-state index contributed by atoms with van der Waals surface area (Å²) in [6.07, 6.45) is 0.729. The van der Waals surface area contributed by atoms with E-state index >= 15 is 0 Å². The lowest BCUT2D eigenvalue weighted by molar-refractivity contribution is 0.340. The summed E-state index contributed by atoms with van der Waals surface area (Å²) in [6, 6.07) is 10.7. The van der Waals surface area contributed by atoms with Crippen molar-refractivity contribution >= 4 is 10.4 Å². The van der Waals surface area contributed by atoms with Crippen LogP contribution in [0, 0.1) is 11.8 Å². The van der Waals surface area contributed by atoms with Crippen LogP contribution < -0.4 is 8.92 Å². The Hall–Kier alpha value is -2.49. The van der Waals surface area contributed by atoms with Crippen molar-refractivity contribution in [2.45, 2.75) is 53.9 Å². The second-order valence-corrected chi connectivity index (χ2v) is 6.89. The Morgan fingerprint density at radius 2 is 1.59 bits per heavy atom. The van der Waals surface area contributed by atoms with Gasteiger partial charge in [-0.05, 0) is 66.8 Å². The highest BCUT2D eigenvalue weighted by Crippen LogP contribution is 2.31. The fourth-order valence-electron chi connectivity index (χ4n) is 2.93. The smallest absolute Gasteiger partial charge is 0.446 e. The van der Waals surface area contributed by atoms with Gasteiger partial charge < -0.3 is 8.92 Å². The zero-order valence-corrected chi connectivity index (χ0v) is 18.8. The van der Waals surface area contributed by atoms with Crippen LogP contribution in [0.2, 0.25) is 0 Å². The van der Waals surface area contributed by atoms with Gasteiger partial charge in [-0.1, -0.05) is 46.5 Å². The van der Waals surface area contributed by atoms with E-state index in [9.17, 15) is 8.42 Å². The summed E-state index contributed by atoms with van der Waals surface area (Å²) >= 11 is 0. The number of ether oxygens (including phenoxy) is 1. The van der Waals surface area contributed by atoms with E-state index in [-0.39, 0.29) is 11.7 Å². The van der Waals surface area contributed by atoms with Crippen LogP contribution in [0.1, 0.15) is 69.7 Å². The lowest BCUT2D eigenvalue weighted by Gasteiger charge is -2.19. The Kier molecular flexibility index (Phi) is 9.73. The van der Waals surface area contributed by atoms with E-state index < -0.39 is 10.4 Å². The van der Waals surface area contributed by atoms with E-state index in [0.717, 1.165) is 34.4 Å². The Balaban J connectivity index is 0.000000989. The Morgan fingerprint density at radius 3 is 2.21 bits per heavy atom. The molecule has 0 spiro atoms. The van der Waals surface area contributed by atoms with Gasteiger partial charge in [0.25, 0.3) is 0 Å². The molecule has 1 atom stereocenters. The number of rotatable bonds is 4. The Morgan fingerprint density at radius 1 is 1.00 bits per heavy atom. The van der Waals surface area contributed by atoms with Gasteiger partial charge in [-0.25, -0.2) is 0 Å². The SMILES string of the molecule is CC.CC.CCOc1ccc2c(c1)CC(C)c1cc(OS(=O)(=O)O)ccc1C#C2. The minimum atomic E-state index is -4.55. The molecule has 1 aliphatic carbocycles. The van der Waals surface area contributed by atoms with Crippen molar-refractivity contribution in [2.24, 2.45) is 0 Å². The van der Waals surface area contributed by atoms with Gasteiger partial charge in [0.05, 0.1) is 6.61 Å². The van der Waals surface area contributed by atoms with Crippen molar-refractivity contribution in [3.63, 3.8) is 0 Å². The molecule has 158 valence electrons. The lowest BCUT2D eigenvalue weighted by atomic mass is 9.87. The van der Waals surface area contributed by atoms with Crippen molar-refractivity contribution in [3.05, 3.63) is 58.7 Å². The van der Waals surface area contributed by atoms with Gasteiger partial charge in [0.2, 0.25) is 0 Å². The average Bonchev–Trinajstić information content (AvgIpc) is 2.69. The molecule has 1 N–H and O–H groups in total. The normalized spacial score (nSPS) is 14.0. The van der Waals surface area contributed by atoms with Gasteiger partial charge in [-0.15, -0.1) is 0 Å². The van der Waals surface area contributed by atoms with Crippen molar-refractivity contribution in [3.8, 4) is 23.3 Å². The van der Waals surface area contributed by atoms with E-state index in [1.807, 2.05) is 59.7 Å². The molecule has 5 nitrogen and oxygen atoms in total. The zero-order valence-electron chi connectivity index (χ0n) is 17.9. The molecular formula is C23H30O5S. The second kappa shape index (κ2) is 11.5. The maximum atomic E-state index is 10.9. The summed E-state index contributed by atoms with van der Waals surface area (Å²) in [4.78, 5) is 0. The molecule has 0 aliphatic heterocycles. The molecule has 0 amide bonds. The molecule has 0 bridgehead atoms. The van der Waals surface area contributed by atoms with Crippen LogP contribution in [0.5, 0.6) is 11.5 Å². The average molecular weight is 419 g/mol. The molecule has 0 aromatic heterocycles. The predicted octanol–water partition coefficient (Wildman–Crippen LogP) is 5.38. The van der Waals surface area contributed by atoms with Crippen molar-refractivity contribution < 1.29 is 21.9 Å². The highest BCUT2D eigenvalue weighted by Gasteiger charge is 2.18. The predicted molar refractivity (Wildman–Crippen MR) is 117 cm³/mol. The van der Waals surface area contributed by atoms with Crippen LogP contribution in [0.15, 0.2) is 36.4 Å². The van der Waals surface area contributed by atoms with Gasteiger partial charge in [-0.2, -0.15) is 8.42 Å². The minimum absolute atomic E-state index is 0.0683. The first-order valence-corrected chi connectivity index (χ1v) is 11.3. The first-order valence-electron chi connectivity index (χ1n) is 9.94. The van der Waals surface area contributed by atoms with Crippen molar-refractivity contribution in [2.75, 3.05) is 6.61 Å². The van der Waals surface area contributed by atoms with Gasteiger partial charge >= 0.3 is 10.4 Å². The molecule has 29 heavy (non-hydrogen) atoms. The standard InChI is InChI=1S/C19H18O5S.2C2H6/c1-3-23-17-8-6-14-4-5-15-7-9-18(24-25(20,21)22)12-19(15)13(2)10-16(14)11-17;2*1-2/h6-9,11-13H,3,10H2,1-2H3,(H,20,21,22);2*1-2H3. The maximum absolute atomic E-state index is 10.9. The quantitative estimate of drug-likeness (QED) is 0.533. The van der Waals surface area contributed by atoms with E-state index in [2.05, 4.69) is 16.0 Å². The van der Waals surface area contributed by atoms with Crippen molar-refractivity contribution in [1.82, 2.24) is 0 Å². The molecule has 0 fully saturated rings. The van der Waals surface area contributed by atoms with Crippen LogP contribution in [0.4, 0.5) is 0 Å². The van der Waals surface area contributed by atoms with E-state index in [0.29, 0.717) is 6.61 Å². The van der Waals surface area contributed by atoms with Crippen LogP contribution >= 0.6 is 0 Å². The summed E-state index contributed by atoms with van der Waals surface area (Å²) in [5.74, 6) is 7.26. The van der Waals surface area contributed by atoms with E-state index in [1.54, 1.807) is 12.1 Å². The maximum Gasteiger partial charge on any atom is 0.446 e. The fraction of sp³-hybridized carbons (Fsp3) is 0.391. The van der Waals surface area contributed by atoms with Gasteiger partial charge in [0.15, 0.2) is 0 Å². The fourth-order valence-corrected chi connectivity index (χ4v) is 3.27. The number of fused-ring (bicyclic) bond motifs is 2. The monoisotopic (exact) mass is 418 g/mol. The highest BCUT2D eigenvalue weighted by molar-refractivity contribution is 7.81. The van der Waals surface area contributed by atoms with Gasteiger partial charge in [0, 0.05) is 11.1 Å². The summed E-state index contributed by atoms with van der Waals surface area (Å²) in [7, 11) is -4.55. The minimum Gasteiger partial charge on any atom is -0.494 e.